The Balaban J connectivity index is 1.36. The molecule has 31 heavy (non-hydrogen) atoms. The van der Waals surface area contributed by atoms with E-state index >= 15 is 0 Å². The molecule has 1 aromatic carbocycles. The lowest BCUT2D eigenvalue weighted by atomic mass is 10.1. The van der Waals surface area contributed by atoms with Crippen LogP contribution in [0.3, 0.4) is 0 Å². The Hall–Kier alpha value is -2.73. The number of rotatable bonds is 4. The fraction of sp³-hybridized carbons (Fsp3) is 0.480. The van der Waals surface area contributed by atoms with Gasteiger partial charge < -0.3 is 4.90 Å². The summed E-state index contributed by atoms with van der Waals surface area (Å²) in [6, 6.07) is 10.8. The van der Waals surface area contributed by atoms with Crippen molar-refractivity contribution in [1.82, 2.24) is 24.6 Å². The highest BCUT2D eigenvalue weighted by Crippen LogP contribution is 2.40. The van der Waals surface area contributed by atoms with Gasteiger partial charge in [-0.05, 0) is 44.7 Å². The van der Waals surface area contributed by atoms with E-state index in [1.165, 1.54) is 24.0 Å². The van der Waals surface area contributed by atoms with Gasteiger partial charge in [-0.25, -0.2) is 4.98 Å². The van der Waals surface area contributed by atoms with Crippen molar-refractivity contribution in [3.63, 3.8) is 0 Å². The fourth-order valence-corrected chi connectivity index (χ4v) is 4.68. The van der Waals surface area contributed by atoms with Gasteiger partial charge in [-0.3, -0.25) is 14.4 Å². The molecule has 0 unspecified atom stereocenters. The number of nitrogens with zero attached hydrogens (tertiary/aromatic N) is 5. The standard InChI is InChI=1S/C25H31N5O/c1-17-5-7-19(8-6-17)16-29-11-4-12-30(14-13-29)25(31)21-15-22(20-9-10-20)26-24-23(21)18(2)27-28(24)3/h5-8,15,20H,4,9-14,16H2,1-3H3. The second-order valence-electron chi connectivity index (χ2n) is 9.18. The molecule has 0 radical (unpaired) electrons. The van der Waals surface area contributed by atoms with Crippen molar-refractivity contribution < 1.29 is 4.79 Å². The van der Waals surface area contributed by atoms with Crippen LogP contribution in [-0.2, 0) is 13.6 Å². The summed E-state index contributed by atoms with van der Waals surface area (Å²) in [6.07, 6.45) is 3.33. The minimum atomic E-state index is 0.127. The Morgan fingerprint density at radius 1 is 1.06 bits per heavy atom. The number of fused-ring (bicyclic) bond motifs is 1. The van der Waals surface area contributed by atoms with Crippen molar-refractivity contribution in [3.8, 4) is 0 Å². The Morgan fingerprint density at radius 2 is 1.84 bits per heavy atom. The fourth-order valence-electron chi connectivity index (χ4n) is 4.68. The number of amides is 1. The van der Waals surface area contributed by atoms with Gasteiger partial charge in [0.15, 0.2) is 5.65 Å². The van der Waals surface area contributed by atoms with Crippen molar-refractivity contribution in [2.45, 2.75) is 45.6 Å². The van der Waals surface area contributed by atoms with Crippen molar-refractivity contribution in [1.29, 1.82) is 0 Å². The van der Waals surface area contributed by atoms with E-state index in [0.29, 0.717) is 5.92 Å². The number of pyridine rings is 1. The molecule has 1 saturated heterocycles. The molecule has 3 heterocycles. The molecule has 1 aliphatic heterocycles. The van der Waals surface area contributed by atoms with E-state index in [1.54, 1.807) is 0 Å². The number of carbonyl (C=O) groups excluding carboxylic acids is 1. The predicted molar refractivity (Wildman–Crippen MR) is 122 cm³/mol. The van der Waals surface area contributed by atoms with Crippen LogP contribution in [0.15, 0.2) is 30.3 Å². The molecule has 1 saturated carbocycles. The number of hydrogen-bond acceptors (Lipinski definition) is 4. The minimum Gasteiger partial charge on any atom is -0.337 e. The Kier molecular flexibility index (Phi) is 5.26. The summed E-state index contributed by atoms with van der Waals surface area (Å²) in [6.45, 7) is 8.50. The Bertz CT molecular complexity index is 1110. The average molecular weight is 418 g/mol. The van der Waals surface area contributed by atoms with Gasteiger partial charge in [0, 0.05) is 51.4 Å². The third kappa shape index (κ3) is 4.09. The SMILES string of the molecule is Cc1ccc(CN2CCCN(C(=O)c3cc(C4CC4)nc4c3c(C)nn4C)CC2)cc1. The lowest BCUT2D eigenvalue weighted by Gasteiger charge is -2.23. The highest BCUT2D eigenvalue weighted by Gasteiger charge is 2.30. The van der Waals surface area contributed by atoms with Crippen molar-refractivity contribution >= 4 is 16.9 Å². The monoisotopic (exact) mass is 417 g/mol. The molecule has 6 heteroatoms. The summed E-state index contributed by atoms with van der Waals surface area (Å²) < 4.78 is 1.82. The van der Waals surface area contributed by atoms with Crippen LogP contribution in [0, 0.1) is 13.8 Å². The lowest BCUT2D eigenvalue weighted by molar-refractivity contribution is 0.0763. The number of aromatic nitrogens is 3. The van der Waals surface area contributed by atoms with Crippen molar-refractivity contribution in [2.75, 3.05) is 26.2 Å². The first-order valence-electron chi connectivity index (χ1n) is 11.4. The number of hydrogen-bond donors (Lipinski definition) is 0. The number of benzene rings is 1. The van der Waals surface area contributed by atoms with Crippen LogP contribution in [0.5, 0.6) is 0 Å². The van der Waals surface area contributed by atoms with Crippen LogP contribution in [0.25, 0.3) is 11.0 Å². The molecule has 2 aliphatic rings. The van der Waals surface area contributed by atoms with Crippen molar-refractivity contribution in [2.24, 2.45) is 7.05 Å². The van der Waals surface area contributed by atoms with E-state index in [-0.39, 0.29) is 5.91 Å². The quantitative estimate of drug-likeness (QED) is 0.648. The number of aryl methyl sites for hydroxylation is 3. The Morgan fingerprint density at radius 3 is 2.58 bits per heavy atom. The molecule has 2 fully saturated rings. The third-order valence-corrected chi connectivity index (χ3v) is 6.62. The molecule has 3 aromatic rings. The molecule has 1 amide bonds. The molecule has 1 aliphatic carbocycles. The topological polar surface area (TPSA) is 54.3 Å². The summed E-state index contributed by atoms with van der Waals surface area (Å²) >= 11 is 0. The van der Waals surface area contributed by atoms with Gasteiger partial charge in [0.05, 0.1) is 16.6 Å². The Labute approximate surface area is 183 Å². The largest absolute Gasteiger partial charge is 0.337 e. The van der Waals surface area contributed by atoms with Crippen LogP contribution in [0.1, 0.15) is 58.1 Å². The van der Waals surface area contributed by atoms with Crippen LogP contribution < -0.4 is 0 Å². The average Bonchev–Trinajstić information content (AvgIpc) is 3.58. The zero-order valence-corrected chi connectivity index (χ0v) is 18.8. The molecule has 6 nitrogen and oxygen atoms in total. The maximum atomic E-state index is 13.7. The van der Waals surface area contributed by atoms with E-state index in [2.05, 4.69) is 41.2 Å². The van der Waals surface area contributed by atoms with Gasteiger partial charge in [0.2, 0.25) is 0 Å². The van der Waals surface area contributed by atoms with Gasteiger partial charge in [-0.15, -0.1) is 0 Å². The number of carbonyl (C=O) groups is 1. The summed E-state index contributed by atoms with van der Waals surface area (Å²) in [5.41, 5.74) is 6.17. The van der Waals surface area contributed by atoms with Crippen LogP contribution in [0.4, 0.5) is 0 Å². The molecule has 0 N–H and O–H groups in total. The van der Waals surface area contributed by atoms with Gasteiger partial charge in [-0.1, -0.05) is 29.8 Å². The molecular weight excluding hydrogens is 386 g/mol. The molecule has 162 valence electrons. The maximum Gasteiger partial charge on any atom is 0.254 e. The molecule has 0 atom stereocenters. The maximum absolute atomic E-state index is 13.7. The summed E-state index contributed by atoms with van der Waals surface area (Å²) in [5, 5.41) is 5.47. The van der Waals surface area contributed by atoms with E-state index in [4.69, 9.17) is 4.98 Å². The van der Waals surface area contributed by atoms with Crippen LogP contribution in [-0.4, -0.2) is 56.7 Å². The highest BCUT2D eigenvalue weighted by molar-refractivity contribution is 6.06. The molecule has 0 bridgehead atoms. The minimum absolute atomic E-state index is 0.127. The van der Waals surface area contributed by atoms with Gasteiger partial charge in [0.1, 0.15) is 0 Å². The van der Waals surface area contributed by atoms with Gasteiger partial charge in [0.25, 0.3) is 5.91 Å². The summed E-state index contributed by atoms with van der Waals surface area (Å²) in [5.74, 6) is 0.628. The second kappa shape index (κ2) is 8.08. The molecule has 5 rings (SSSR count). The zero-order chi connectivity index (χ0) is 21.5. The first-order chi connectivity index (χ1) is 15.0. The lowest BCUT2D eigenvalue weighted by Crippen LogP contribution is -2.35. The van der Waals surface area contributed by atoms with Gasteiger partial charge in [-0.2, -0.15) is 5.10 Å². The van der Waals surface area contributed by atoms with E-state index < -0.39 is 0 Å². The van der Waals surface area contributed by atoms with Crippen LogP contribution >= 0.6 is 0 Å². The van der Waals surface area contributed by atoms with E-state index in [9.17, 15) is 4.79 Å². The highest BCUT2D eigenvalue weighted by atomic mass is 16.2. The van der Waals surface area contributed by atoms with Crippen molar-refractivity contribution in [3.05, 3.63) is 58.4 Å². The normalized spacial score (nSPS) is 17.8. The zero-order valence-electron chi connectivity index (χ0n) is 18.8. The molecule has 0 spiro atoms. The van der Waals surface area contributed by atoms with E-state index in [0.717, 1.165) is 67.1 Å². The third-order valence-electron chi connectivity index (χ3n) is 6.62. The second-order valence-corrected chi connectivity index (χ2v) is 9.18. The molecular formula is C25H31N5O. The first-order valence-corrected chi connectivity index (χ1v) is 11.4. The van der Waals surface area contributed by atoms with Gasteiger partial charge >= 0.3 is 0 Å². The molecule has 2 aromatic heterocycles. The summed E-state index contributed by atoms with van der Waals surface area (Å²) in [4.78, 5) is 23.0. The van der Waals surface area contributed by atoms with Crippen LogP contribution in [0.2, 0.25) is 0 Å². The first kappa shape index (κ1) is 20.2. The summed E-state index contributed by atoms with van der Waals surface area (Å²) in [7, 11) is 1.92. The van der Waals surface area contributed by atoms with E-state index in [1.807, 2.05) is 29.6 Å². The predicted octanol–water partition coefficient (Wildman–Crippen LogP) is 3.81. The smallest absolute Gasteiger partial charge is 0.254 e.